The van der Waals surface area contributed by atoms with Gasteiger partial charge in [-0.15, -0.1) is 0 Å². The highest BCUT2D eigenvalue weighted by Gasteiger charge is 2.24. The number of nitrogens with two attached hydrogens (primary N) is 1. The van der Waals surface area contributed by atoms with Gasteiger partial charge in [0, 0.05) is 0 Å². The molecule has 0 atom stereocenters. The molecule has 0 saturated carbocycles. The van der Waals surface area contributed by atoms with Crippen LogP contribution < -0.4 is 16.0 Å². The second-order valence-electron chi connectivity index (χ2n) is 5.35. The highest BCUT2D eigenvalue weighted by molar-refractivity contribution is 5.48. The van der Waals surface area contributed by atoms with Gasteiger partial charge in [-0.1, -0.05) is 20.8 Å². The molecule has 0 unspecified atom stereocenters. The standard InChI is InChI=1S/C11H19N5O3/c1-7-8(16(17)18)9(14-10(13-7)15-12)19-6-5-11(2,3)4/h5-6,12H2,1-4H3,(H,13,14,15). The van der Waals surface area contributed by atoms with Gasteiger partial charge in [0.05, 0.1) is 11.5 Å². The monoisotopic (exact) mass is 269 g/mol. The molecular formula is C11H19N5O3. The van der Waals surface area contributed by atoms with E-state index in [1.807, 2.05) is 0 Å². The molecule has 1 heterocycles. The summed E-state index contributed by atoms with van der Waals surface area (Å²) in [6.45, 7) is 8.02. The molecule has 0 fully saturated rings. The minimum atomic E-state index is -0.554. The van der Waals surface area contributed by atoms with Gasteiger partial charge in [-0.2, -0.15) is 4.98 Å². The Bertz CT molecular complexity index is 470. The Morgan fingerprint density at radius 1 is 1.42 bits per heavy atom. The molecule has 0 bridgehead atoms. The third kappa shape index (κ3) is 4.32. The lowest BCUT2D eigenvalue weighted by Crippen LogP contribution is -2.15. The SMILES string of the molecule is Cc1nc(NN)nc(OCCC(C)(C)C)c1[N+](=O)[O-]. The quantitative estimate of drug-likeness (QED) is 0.475. The first kappa shape index (κ1) is 15.1. The number of hydrazine groups is 1. The number of nitrogen functional groups attached to an aromatic ring is 1. The van der Waals surface area contributed by atoms with Crippen molar-refractivity contribution in [3.8, 4) is 5.88 Å². The highest BCUT2D eigenvalue weighted by atomic mass is 16.6. The van der Waals surface area contributed by atoms with Gasteiger partial charge in [0.15, 0.2) is 0 Å². The first-order valence-electron chi connectivity index (χ1n) is 5.87. The van der Waals surface area contributed by atoms with E-state index < -0.39 is 4.92 Å². The van der Waals surface area contributed by atoms with Crippen LogP contribution in [0.2, 0.25) is 0 Å². The highest BCUT2D eigenvalue weighted by Crippen LogP contribution is 2.29. The topological polar surface area (TPSA) is 116 Å². The van der Waals surface area contributed by atoms with Gasteiger partial charge < -0.3 is 4.74 Å². The Labute approximate surface area is 111 Å². The summed E-state index contributed by atoms with van der Waals surface area (Å²) in [6, 6.07) is 0. The molecule has 0 radical (unpaired) electrons. The zero-order chi connectivity index (χ0) is 14.6. The predicted octanol–water partition coefficient (Wildman–Crippen LogP) is 1.79. The van der Waals surface area contributed by atoms with Gasteiger partial charge in [0.25, 0.3) is 5.88 Å². The molecule has 0 spiro atoms. The van der Waals surface area contributed by atoms with Crippen LogP contribution in [-0.2, 0) is 0 Å². The van der Waals surface area contributed by atoms with Crippen molar-refractivity contribution in [1.82, 2.24) is 9.97 Å². The molecule has 0 aliphatic heterocycles. The Balaban J connectivity index is 2.96. The number of anilines is 1. The molecule has 0 saturated heterocycles. The van der Waals surface area contributed by atoms with Crippen molar-refractivity contribution in [3.63, 3.8) is 0 Å². The first-order chi connectivity index (χ1) is 8.74. The Kier molecular flexibility index (Phi) is 4.60. The molecule has 0 amide bonds. The fraction of sp³-hybridized carbons (Fsp3) is 0.636. The summed E-state index contributed by atoms with van der Waals surface area (Å²) in [4.78, 5) is 18.2. The number of hydrogen-bond donors (Lipinski definition) is 2. The summed E-state index contributed by atoms with van der Waals surface area (Å²) >= 11 is 0. The lowest BCUT2D eigenvalue weighted by molar-refractivity contribution is -0.387. The van der Waals surface area contributed by atoms with E-state index in [4.69, 9.17) is 10.6 Å². The fourth-order valence-corrected chi connectivity index (χ4v) is 1.37. The van der Waals surface area contributed by atoms with Crippen LogP contribution in [0.5, 0.6) is 5.88 Å². The van der Waals surface area contributed by atoms with Crippen LogP contribution in [0.25, 0.3) is 0 Å². The van der Waals surface area contributed by atoms with Crippen LogP contribution >= 0.6 is 0 Å². The lowest BCUT2D eigenvalue weighted by atomic mass is 9.93. The smallest absolute Gasteiger partial charge is 0.352 e. The Hall–Kier alpha value is -1.96. The van der Waals surface area contributed by atoms with Gasteiger partial charge in [-0.3, -0.25) is 15.5 Å². The molecule has 8 nitrogen and oxygen atoms in total. The number of aromatic nitrogens is 2. The average Bonchev–Trinajstić information content (AvgIpc) is 2.25. The van der Waals surface area contributed by atoms with E-state index in [2.05, 4.69) is 36.2 Å². The minimum absolute atomic E-state index is 0.0605. The maximum absolute atomic E-state index is 11.0. The number of ether oxygens (including phenoxy) is 1. The van der Waals surface area contributed by atoms with Crippen LogP contribution in [0.3, 0.4) is 0 Å². The molecule has 1 aromatic rings. The number of hydrogen-bond acceptors (Lipinski definition) is 7. The van der Waals surface area contributed by atoms with Crippen molar-refractivity contribution in [2.75, 3.05) is 12.0 Å². The van der Waals surface area contributed by atoms with Crippen molar-refractivity contribution >= 4 is 11.6 Å². The van der Waals surface area contributed by atoms with E-state index in [0.29, 0.717) is 6.61 Å². The first-order valence-corrected chi connectivity index (χ1v) is 5.87. The maximum Gasteiger partial charge on any atom is 0.352 e. The van der Waals surface area contributed by atoms with Gasteiger partial charge in [0.1, 0.15) is 5.69 Å². The predicted molar refractivity (Wildman–Crippen MR) is 70.8 cm³/mol. The lowest BCUT2D eigenvalue weighted by Gasteiger charge is -2.17. The van der Waals surface area contributed by atoms with Crippen molar-refractivity contribution in [2.45, 2.75) is 34.1 Å². The molecule has 106 valence electrons. The van der Waals surface area contributed by atoms with Gasteiger partial charge in [-0.05, 0) is 18.8 Å². The van der Waals surface area contributed by atoms with E-state index in [0.717, 1.165) is 6.42 Å². The van der Waals surface area contributed by atoms with Crippen LogP contribution in [-0.4, -0.2) is 21.5 Å². The van der Waals surface area contributed by atoms with Gasteiger partial charge in [0.2, 0.25) is 5.95 Å². The van der Waals surface area contributed by atoms with Crippen molar-refractivity contribution in [2.24, 2.45) is 11.3 Å². The van der Waals surface area contributed by atoms with E-state index in [1.165, 1.54) is 6.92 Å². The summed E-state index contributed by atoms with van der Waals surface area (Å²) in [7, 11) is 0. The number of rotatable bonds is 5. The molecule has 3 N–H and O–H groups in total. The fourth-order valence-electron chi connectivity index (χ4n) is 1.37. The number of aryl methyl sites for hydroxylation is 1. The number of nitrogens with one attached hydrogen (secondary N) is 1. The van der Waals surface area contributed by atoms with Crippen LogP contribution in [0, 0.1) is 22.5 Å². The third-order valence-electron chi connectivity index (χ3n) is 2.43. The zero-order valence-electron chi connectivity index (χ0n) is 11.6. The molecule has 19 heavy (non-hydrogen) atoms. The second kappa shape index (κ2) is 5.79. The van der Waals surface area contributed by atoms with Crippen LogP contribution in [0.15, 0.2) is 0 Å². The molecular weight excluding hydrogens is 250 g/mol. The zero-order valence-corrected chi connectivity index (χ0v) is 11.6. The summed E-state index contributed by atoms with van der Waals surface area (Å²) in [6.07, 6.45) is 0.749. The van der Waals surface area contributed by atoms with E-state index in [-0.39, 0.29) is 28.6 Å². The summed E-state index contributed by atoms with van der Waals surface area (Å²) in [5, 5.41) is 11.0. The molecule has 8 heteroatoms. The van der Waals surface area contributed by atoms with E-state index in [1.54, 1.807) is 0 Å². The summed E-state index contributed by atoms with van der Waals surface area (Å²) in [5.41, 5.74) is 2.31. The van der Waals surface area contributed by atoms with E-state index in [9.17, 15) is 10.1 Å². The van der Waals surface area contributed by atoms with Gasteiger partial charge >= 0.3 is 5.69 Å². The summed E-state index contributed by atoms with van der Waals surface area (Å²) < 4.78 is 5.41. The minimum Gasteiger partial charge on any atom is -0.473 e. The molecule has 1 aromatic heterocycles. The van der Waals surface area contributed by atoms with Crippen molar-refractivity contribution in [1.29, 1.82) is 0 Å². The maximum atomic E-state index is 11.0. The van der Waals surface area contributed by atoms with Crippen LogP contribution in [0.1, 0.15) is 32.9 Å². The Morgan fingerprint density at radius 3 is 2.53 bits per heavy atom. The van der Waals surface area contributed by atoms with E-state index >= 15 is 0 Å². The molecule has 0 aliphatic rings. The third-order valence-corrected chi connectivity index (χ3v) is 2.43. The van der Waals surface area contributed by atoms with Gasteiger partial charge in [-0.25, -0.2) is 10.8 Å². The van der Waals surface area contributed by atoms with Crippen molar-refractivity contribution < 1.29 is 9.66 Å². The molecule has 0 aromatic carbocycles. The van der Waals surface area contributed by atoms with Crippen molar-refractivity contribution in [3.05, 3.63) is 15.8 Å². The average molecular weight is 269 g/mol. The molecule has 1 rings (SSSR count). The largest absolute Gasteiger partial charge is 0.473 e. The molecule has 0 aliphatic carbocycles. The number of nitro groups is 1. The number of nitrogens with zero attached hydrogens (tertiary/aromatic N) is 3. The summed E-state index contributed by atoms with van der Waals surface area (Å²) in [5.74, 6) is 5.24. The Morgan fingerprint density at radius 2 is 2.05 bits per heavy atom. The normalized spacial score (nSPS) is 11.2. The van der Waals surface area contributed by atoms with Crippen LogP contribution in [0.4, 0.5) is 11.6 Å². The second-order valence-corrected chi connectivity index (χ2v) is 5.35.